The van der Waals surface area contributed by atoms with Crippen LogP contribution in [0.1, 0.15) is 5.56 Å². The van der Waals surface area contributed by atoms with E-state index in [0.717, 1.165) is 38.4 Å². The number of rotatable bonds is 3. The van der Waals surface area contributed by atoms with Gasteiger partial charge >= 0.3 is 0 Å². The smallest absolute Gasteiger partial charge is 0.275 e. The van der Waals surface area contributed by atoms with Crippen LogP contribution < -0.4 is 20.5 Å². The average Bonchev–Trinajstić information content (AvgIpc) is 2.64. The van der Waals surface area contributed by atoms with Crippen LogP contribution in [0.25, 0.3) is 10.9 Å². The largest absolute Gasteiger partial charge is 0.399 e. The van der Waals surface area contributed by atoms with E-state index in [1.54, 1.807) is 4.90 Å². The third-order valence-electron chi connectivity index (χ3n) is 4.89. The number of anilines is 2. The molecule has 0 atom stereocenters. The third kappa shape index (κ3) is 3.19. The average molecular weight is 320 g/mol. The highest BCUT2D eigenvalue weighted by molar-refractivity contribution is 5.76. The van der Waals surface area contributed by atoms with Crippen molar-refractivity contribution in [3.8, 4) is 0 Å². The second kappa shape index (κ2) is 6.49. The summed E-state index contributed by atoms with van der Waals surface area (Å²) in [6.45, 7) is 5.56. The van der Waals surface area contributed by atoms with Crippen molar-refractivity contribution in [2.45, 2.75) is 6.54 Å². The lowest BCUT2D eigenvalue weighted by Crippen LogP contribution is -3.13. The van der Waals surface area contributed by atoms with Crippen molar-refractivity contribution in [1.29, 1.82) is 0 Å². The molecule has 1 aliphatic heterocycles. The van der Waals surface area contributed by atoms with Gasteiger partial charge in [-0.05, 0) is 24.3 Å². The fourth-order valence-electron chi connectivity index (χ4n) is 3.45. The second-order valence-electron chi connectivity index (χ2n) is 6.59. The van der Waals surface area contributed by atoms with E-state index in [0.29, 0.717) is 0 Å². The molecule has 1 aromatic heterocycles. The van der Waals surface area contributed by atoms with Gasteiger partial charge in [0, 0.05) is 22.7 Å². The molecule has 1 saturated heterocycles. The molecule has 24 heavy (non-hydrogen) atoms. The SMILES string of the molecule is Nc1ccc(C[NH+]2CCN(c3ccc4ccccc4[nH+]3)CC2)cc1. The first kappa shape index (κ1) is 15.0. The van der Waals surface area contributed by atoms with E-state index < -0.39 is 0 Å². The van der Waals surface area contributed by atoms with Crippen LogP contribution in [0.3, 0.4) is 0 Å². The Labute approximate surface area is 142 Å². The standard InChI is InChI=1S/C20H22N4/c21-18-8-5-16(6-9-18)15-23-11-13-24(14-12-23)20-10-7-17-3-1-2-4-19(17)22-20/h1-10H,11-15,21H2/p+2. The van der Waals surface area contributed by atoms with Crippen molar-refractivity contribution in [2.75, 3.05) is 36.8 Å². The maximum atomic E-state index is 5.76. The number of hydrogen-bond acceptors (Lipinski definition) is 2. The molecule has 0 radical (unpaired) electrons. The Bertz CT molecular complexity index is 820. The molecule has 4 N–H and O–H groups in total. The van der Waals surface area contributed by atoms with E-state index in [1.165, 1.54) is 22.3 Å². The summed E-state index contributed by atoms with van der Waals surface area (Å²) in [4.78, 5) is 7.66. The minimum atomic E-state index is 0.838. The summed E-state index contributed by atoms with van der Waals surface area (Å²) in [6.07, 6.45) is 0. The third-order valence-corrected chi connectivity index (χ3v) is 4.89. The van der Waals surface area contributed by atoms with Crippen LogP contribution in [0.15, 0.2) is 60.7 Å². The highest BCUT2D eigenvalue weighted by Crippen LogP contribution is 2.13. The number of fused-ring (bicyclic) bond motifs is 1. The lowest BCUT2D eigenvalue weighted by atomic mass is 10.2. The van der Waals surface area contributed by atoms with Crippen LogP contribution >= 0.6 is 0 Å². The molecule has 1 aliphatic rings. The van der Waals surface area contributed by atoms with Crippen molar-refractivity contribution < 1.29 is 9.88 Å². The number of nitrogens with zero attached hydrogens (tertiary/aromatic N) is 1. The van der Waals surface area contributed by atoms with Gasteiger partial charge in [0.05, 0.1) is 0 Å². The number of piperazine rings is 1. The molecule has 122 valence electrons. The Morgan fingerprint density at radius 3 is 2.46 bits per heavy atom. The van der Waals surface area contributed by atoms with Gasteiger partial charge in [-0.1, -0.05) is 30.3 Å². The van der Waals surface area contributed by atoms with E-state index >= 15 is 0 Å². The topological polar surface area (TPSA) is 47.8 Å². The number of nitrogen functional groups attached to an aromatic ring is 1. The number of para-hydroxylation sites is 1. The van der Waals surface area contributed by atoms with Gasteiger partial charge < -0.3 is 10.6 Å². The molecule has 0 spiro atoms. The van der Waals surface area contributed by atoms with Gasteiger partial charge in [0.1, 0.15) is 38.2 Å². The van der Waals surface area contributed by atoms with Gasteiger partial charge in [0.15, 0.2) is 0 Å². The summed E-state index contributed by atoms with van der Waals surface area (Å²) in [5.41, 5.74) is 9.17. The second-order valence-corrected chi connectivity index (χ2v) is 6.59. The number of aromatic amines is 1. The zero-order valence-corrected chi connectivity index (χ0v) is 13.8. The molecule has 4 heteroatoms. The number of hydrogen-bond donors (Lipinski definition) is 2. The van der Waals surface area contributed by atoms with E-state index in [4.69, 9.17) is 5.73 Å². The molecule has 4 rings (SSSR count). The predicted octanol–water partition coefficient (Wildman–Crippen LogP) is 1.14. The van der Waals surface area contributed by atoms with E-state index in [2.05, 4.69) is 58.4 Å². The number of H-pyrrole nitrogens is 1. The normalized spacial score (nSPS) is 15.8. The summed E-state index contributed by atoms with van der Waals surface area (Å²) in [5, 5.41) is 1.26. The molecule has 0 aliphatic carbocycles. The first-order valence-electron chi connectivity index (χ1n) is 8.62. The van der Waals surface area contributed by atoms with Gasteiger partial charge in [-0.25, -0.2) is 4.98 Å². The van der Waals surface area contributed by atoms with Crippen LogP contribution in [-0.2, 0) is 6.54 Å². The van der Waals surface area contributed by atoms with Gasteiger partial charge in [-0.3, -0.25) is 4.90 Å². The van der Waals surface area contributed by atoms with Crippen LogP contribution in [0.2, 0.25) is 0 Å². The molecule has 2 aromatic carbocycles. The van der Waals surface area contributed by atoms with Gasteiger partial charge in [-0.15, -0.1) is 0 Å². The van der Waals surface area contributed by atoms with Gasteiger partial charge in [-0.2, -0.15) is 0 Å². The van der Waals surface area contributed by atoms with Crippen molar-refractivity contribution in [3.63, 3.8) is 0 Å². The van der Waals surface area contributed by atoms with E-state index in [1.807, 2.05) is 12.1 Å². The molecule has 3 aromatic rings. The maximum absolute atomic E-state index is 5.76. The summed E-state index contributed by atoms with van der Waals surface area (Å²) in [5.74, 6) is 1.22. The fourth-order valence-corrected chi connectivity index (χ4v) is 3.45. The highest BCUT2D eigenvalue weighted by atomic mass is 15.3. The minimum absolute atomic E-state index is 0.838. The van der Waals surface area contributed by atoms with Crippen molar-refractivity contribution >= 4 is 22.4 Å². The van der Waals surface area contributed by atoms with Crippen molar-refractivity contribution in [1.82, 2.24) is 0 Å². The molecule has 2 heterocycles. The van der Waals surface area contributed by atoms with E-state index in [-0.39, 0.29) is 0 Å². The number of quaternary nitrogens is 1. The molecular formula is C20H24N4+2. The first-order chi connectivity index (χ1) is 11.8. The van der Waals surface area contributed by atoms with Crippen LogP contribution in [0.4, 0.5) is 11.5 Å². The summed E-state index contributed by atoms with van der Waals surface area (Å²) < 4.78 is 0. The lowest BCUT2D eigenvalue weighted by molar-refractivity contribution is -0.914. The fraction of sp³-hybridized carbons (Fsp3) is 0.250. The number of aromatic nitrogens is 1. The summed E-state index contributed by atoms with van der Waals surface area (Å²) in [7, 11) is 0. The van der Waals surface area contributed by atoms with Crippen LogP contribution in [0, 0.1) is 0 Å². The quantitative estimate of drug-likeness (QED) is 0.711. The van der Waals surface area contributed by atoms with E-state index in [9.17, 15) is 0 Å². The minimum Gasteiger partial charge on any atom is -0.399 e. The molecule has 1 fully saturated rings. The Balaban J connectivity index is 1.40. The summed E-state index contributed by atoms with van der Waals surface area (Å²) >= 11 is 0. The number of benzene rings is 2. The van der Waals surface area contributed by atoms with Crippen LogP contribution in [0.5, 0.6) is 0 Å². The Morgan fingerprint density at radius 1 is 0.917 bits per heavy atom. The lowest BCUT2D eigenvalue weighted by Gasteiger charge is -2.28. The highest BCUT2D eigenvalue weighted by Gasteiger charge is 2.26. The maximum Gasteiger partial charge on any atom is 0.275 e. The molecule has 0 bridgehead atoms. The zero-order valence-electron chi connectivity index (χ0n) is 13.8. The zero-order chi connectivity index (χ0) is 16.4. The Morgan fingerprint density at radius 2 is 1.67 bits per heavy atom. The molecule has 4 nitrogen and oxygen atoms in total. The van der Waals surface area contributed by atoms with Gasteiger partial charge in [0.2, 0.25) is 0 Å². The molecule has 0 unspecified atom stereocenters. The monoisotopic (exact) mass is 320 g/mol. The predicted molar refractivity (Wildman–Crippen MR) is 98.0 cm³/mol. The van der Waals surface area contributed by atoms with Crippen molar-refractivity contribution in [2.24, 2.45) is 0 Å². The number of pyridine rings is 1. The molecule has 0 amide bonds. The Hall–Kier alpha value is -2.59. The van der Waals surface area contributed by atoms with Crippen molar-refractivity contribution in [3.05, 3.63) is 66.2 Å². The Kier molecular flexibility index (Phi) is 4.05. The van der Waals surface area contributed by atoms with Crippen LogP contribution in [-0.4, -0.2) is 26.2 Å². The number of nitrogens with one attached hydrogen (secondary N) is 2. The first-order valence-corrected chi connectivity index (χ1v) is 8.62. The number of nitrogens with two attached hydrogens (primary N) is 1. The summed E-state index contributed by atoms with van der Waals surface area (Å²) in [6, 6.07) is 21.1. The van der Waals surface area contributed by atoms with Gasteiger partial charge in [0.25, 0.3) is 5.82 Å². The molecule has 0 saturated carbocycles. The molecular weight excluding hydrogens is 296 g/mol.